The van der Waals surface area contributed by atoms with Crippen molar-refractivity contribution in [2.45, 2.75) is 44.1 Å². The van der Waals surface area contributed by atoms with Crippen molar-refractivity contribution in [3.05, 3.63) is 58.7 Å². The normalized spacial score (nSPS) is 22.7. The third kappa shape index (κ3) is 2.22. The van der Waals surface area contributed by atoms with Crippen molar-refractivity contribution in [2.24, 2.45) is 0 Å². The number of nitrogens with zero attached hydrogens (tertiary/aromatic N) is 1. The van der Waals surface area contributed by atoms with Gasteiger partial charge >= 0.3 is 0 Å². The maximum absolute atomic E-state index is 10.1. The summed E-state index contributed by atoms with van der Waals surface area (Å²) >= 11 is 0. The van der Waals surface area contributed by atoms with Crippen molar-refractivity contribution in [3.63, 3.8) is 0 Å². The number of aryl methyl sites for hydroxylation is 1. The fourth-order valence-corrected chi connectivity index (χ4v) is 4.65. The molecule has 3 nitrogen and oxygen atoms in total. The van der Waals surface area contributed by atoms with E-state index in [4.69, 9.17) is 0 Å². The summed E-state index contributed by atoms with van der Waals surface area (Å²) in [7, 11) is 2.19. The maximum atomic E-state index is 10.1. The van der Waals surface area contributed by atoms with E-state index in [0.717, 1.165) is 13.0 Å². The highest BCUT2D eigenvalue weighted by Gasteiger charge is 2.49. The molecule has 0 radical (unpaired) electrons. The lowest BCUT2D eigenvalue weighted by Gasteiger charge is -2.53. The third-order valence-electron chi connectivity index (χ3n) is 6.10. The number of phenols is 2. The van der Waals surface area contributed by atoms with Gasteiger partial charge in [0.15, 0.2) is 11.5 Å². The van der Waals surface area contributed by atoms with Gasteiger partial charge in [-0.2, -0.15) is 0 Å². The topological polar surface area (TPSA) is 43.7 Å². The van der Waals surface area contributed by atoms with Gasteiger partial charge in [-0.3, -0.25) is 4.90 Å². The molecule has 1 unspecified atom stereocenters. The van der Waals surface area contributed by atoms with Crippen molar-refractivity contribution in [2.75, 3.05) is 13.6 Å². The molecule has 0 amide bonds. The van der Waals surface area contributed by atoms with E-state index in [0.29, 0.717) is 0 Å². The summed E-state index contributed by atoms with van der Waals surface area (Å²) < 4.78 is 0. The van der Waals surface area contributed by atoms with Gasteiger partial charge in [0.25, 0.3) is 0 Å². The van der Waals surface area contributed by atoms with Gasteiger partial charge in [-0.1, -0.05) is 36.2 Å². The molecular formula is C21H25NO2. The minimum atomic E-state index is -0.00701. The third-order valence-corrected chi connectivity index (χ3v) is 6.10. The molecule has 1 atom stereocenters. The molecule has 2 N–H and O–H groups in total. The van der Waals surface area contributed by atoms with Crippen molar-refractivity contribution in [3.8, 4) is 11.5 Å². The average Bonchev–Trinajstić information content (AvgIpc) is 2.52. The van der Waals surface area contributed by atoms with E-state index in [-0.39, 0.29) is 23.0 Å². The second kappa shape index (κ2) is 5.52. The predicted octanol–water partition coefficient (Wildman–Crippen LogP) is 4.06. The number of benzene rings is 2. The van der Waals surface area contributed by atoms with Crippen molar-refractivity contribution >= 4 is 0 Å². The Hall–Kier alpha value is -2.00. The van der Waals surface area contributed by atoms with Crippen LogP contribution in [0.25, 0.3) is 0 Å². The number of hydrogen-bond acceptors (Lipinski definition) is 3. The van der Waals surface area contributed by atoms with E-state index in [2.05, 4.69) is 43.1 Å². The zero-order valence-electron chi connectivity index (χ0n) is 14.4. The Morgan fingerprint density at radius 2 is 1.71 bits per heavy atom. The molecule has 2 aromatic rings. The van der Waals surface area contributed by atoms with E-state index in [1.165, 1.54) is 41.5 Å². The van der Waals surface area contributed by atoms with E-state index in [1.807, 2.05) is 0 Å². The van der Waals surface area contributed by atoms with Gasteiger partial charge in [0.05, 0.1) is 0 Å². The molecule has 0 bridgehead atoms. The molecule has 0 aromatic heterocycles. The second-order valence-electron chi connectivity index (χ2n) is 7.55. The summed E-state index contributed by atoms with van der Waals surface area (Å²) in [5, 5.41) is 20.0. The van der Waals surface area contributed by atoms with Gasteiger partial charge < -0.3 is 10.2 Å². The van der Waals surface area contributed by atoms with Gasteiger partial charge in [0.2, 0.25) is 0 Å². The first kappa shape index (κ1) is 15.5. The van der Waals surface area contributed by atoms with Crippen LogP contribution in [0.2, 0.25) is 0 Å². The van der Waals surface area contributed by atoms with Crippen LogP contribution in [0, 0.1) is 6.92 Å². The first-order valence-electron chi connectivity index (χ1n) is 8.83. The van der Waals surface area contributed by atoms with Gasteiger partial charge in [0.1, 0.15) is 0 Å². The predicted molar refractivity (Wildman–Crippen MR) is 95.6 cm³/mol. The monoisotopic (exact) mass is 323 g/mol. The first-order valence-corrected chi connectivity index (χ1v) is 8.83. The Labute approximate surface area is 143 Å². The zero-order valence-corrected chi connectivity index (χ0v) is 14.4. The summed E-state index contributed by atoms with van der Waals surface area (Å²) in [6.07, 6.45) is 4.51. The number of hydrogen-bond donors (Lipinski definition) is 2. The number of fused-ring (bicyclic) bond motifs is 1. The Morgan fingerprint density at radius 3 is 2.33 bits per heavy atom. The lowest BCUT2D eigenvalue weighted by atomic mass is 9.57. The van der Waals surface area contributed by atoms with Gasteiger partial charge in [0, 0.05) is 18.0 Å². The van der Waals surface area contributed by atoms with Crippen LogP contribution in [0.4, 0.5) is 0 Å². The standard InChI is InChI=1S/C21H25NO2/c1-14-4-6-16(7-5-14)21(9-3-10-21)20-17-13-19(24)18(23)12-15(17)8-11-22(20)2/h4-7,12-13,20,23-24H,3,8-11H2,1-2H3. The Balaban J connectivity index is 1.85. The molecule has 1 heterocycles. The number of phenolic OH excluding ortho intramolecular Hbond substituents is 2. The van der Waals surface area contributed by atoms with E-state index in [1.54, 1.807) is 12.1 Å². The highest BCUT2D eigenvalue weighted by atomic mass is 16.3. The lowest BCUT2D eigenvalue weighted by molar-refractivity contribution is 0.0715. The summed E-state index contributed by atoms with van der Waals surface area (Å²) in [6, 6.07) is 12.8. The van der Waals surface area contributed by atoms with Crippen LogP contribution in [-0.2, 0) is 11.8 Å². The molecule has 1 fully saturated rings. The highest BCUT2D eigenvalue weighted by molar-refractivity contribution is 5.50. The average molecular weight is 323 g/mol. The first-order chi connectivity index (χ1) is 11.5. The Kier molecular flexibility index (Phi) is 3.57. The van der Waals surface area contributed by atoms with Crippen molar-refractivity contribution in [1.29, 1.82) is 0 Å². The van der Waals surface area contributed by atoms with E-state index >= 15 is 0 Å². The highest BCUT2D eigenvalue weighted by Crippen LogP contribution is 2.56. The minimum Gasteiger partial charge on any atom is -0.504 e. The summed E-state index contributed by atoms with van der Waals surface area (Å²) in [6.45, 7) is 3.11. The SMILES string of the molecule is Cc1ccc(C2(C3c4cc(O)c(O)cc4CCN3C)CCC2)cc1. The van der Waals surface area contributed by atoms with Crippen molar-refractivity contribution < 1.29 is 10.2 Å². The molecule has 1 aliphatic heterocycles. The quantitative estimate of drug-likeness (QED) is 0.819. The molecule has 1 saturated carbocycles. The van der Waals surface area contributed by atoms with Crippen LogP contribution in [-0.4, -0.2) is 28.7 Å². The van der Waals surface area contributed by atoms with Gasteiger partial charge in [-0.15, -0.1) is 0 Å². The fourth-order valence-electron chi connectivity index (χ4n) is 4.65. The molecule has 2 aromatic carbocycles. The smallest absolute Gasteiger partial charge is 0.157 e. The van der Waals surface area contributed by atoms with Gasteiger partial charge in [-0.25, -0.2) is 0 Å². The van der Waals surface area contributed by atoms with Crippen LogP contribution in [0.1, 0.15) is 47.6 Å². The molecule has 126 valence electrons. The fraction of sp³-hybridized carbons (Fsp3) is 0.429. The molecule has 24 heavy (non-hydrogen) atoms. The molecule has 2 aliphatic rings. The molecule has 0 saturated heterocycles. The number of rotatable bonds is 2. The van der Waals surface area contributed by atoms with Crippen LogP contribution >= 0.6 is 0 Å². The lowest BCUT2D eigenvalue weighted by Crippen LogP contribution is -2.49. The summed E-state index contributed by atoms with van der Waals surface area (Å²) in [5.41, 5.74) is 5.15. The minimum absolute atomic E-state index is 0.00458. The number of likely N-dealkylation sites (N-methyl/N-ethyl adjacent to an activating group) is 1. The van der Waals surface area contributed by atoms with Crippen molar-refractivity contribution in [1.82, 2.24) is 4.90 Å². The number of aromatic hydroxyl groups is 2. The summed E-state index contributed by atoms with van der Waals surface area (Å²) in [5.74, 6) is -0.0116. The van der Waals surface area contributed by atoms with E-state index in [9.17, 15) is 10.2 Å². The van der Waals surface area contributed by atoms with Crippen LogP contribution in [0.5, 0.6) is 11.5 Å². The van der Waals surface area contributed by atoms with Crippen LogP contribution < -0.4 is 0 Å². The summed E-state index contributed by atoms with van der Waals surface area (Å²) in [4.78, 5) is 2.43. The molecule has 1 aliphatic carbocycles. The molecule has 3 heteroatoms. The second-order valence-corrected chi connectivity index (χ2v) is 7.55. The Bertz CT molecular complexity index is 762. The molecular weight excluding hydrogens is 298 g/mol. The largest absolute Gasteiger partial charge is 0.504 e. The zero-order chi connectivity index (χ0) is 16.9. The van der Waals surface area contributed by atoms with Crippen LogP contribution in [0.3, 0.4) is 0 Å². The van der Waals surface area contributed by atoms with Gasteiger partial charge in [-0.05, 0) is 62.1 Å². The maximum Gasteiger partial charge on any atom is 0.157 e. The Morgan fingerprint density at radius 1 is 1.04 bits per heavy atom. The van der Waals surface area contributed by atoms with E-state index < -0.39 is 0 Å². The molecule has 0 spiro atoms. The van der Waals surface area contributed by atoms with Crippen LogP contribution in [0.15, 0.2) is 36.4 Å². The molecule has 4 rings (SSSR count).